The Morgan fingerprint density at radius 1 is 1.25 bits per heavy atom. The van der Waals surface area contributed by atoms with Gasteiger partial charge in [-0.15, -0.1) is 0 Å². The molecule has 1 aromatic heterocycles. The van der Waals surface area contributed by atoms with E-state index in [0.717, 1.165) is 14.8 Å². The molecule has 0 atom stereocenters. The summed E-state index contributed by atoms with van der Waals surface area (Å²) in [4.78, 5) is 28.9. The molecule has 0 aliphatic heterocycles. The molecular weight excluding hydrogens is 417 g/mol. The first-order valence-electron chi connectivity index (χ1n) is 7.57. The number of nitrogens with zero attached hydrogens (tertiary/aromatic N) is 2. The molecule has 5 nitrogen and oxygen atoms in total. The largest absolute Gasteiger partial charge is 0.322 e. The molecule has 0 aliphatic rings. The van der Waals surface area contributed by atoms with E-state index in [0.29, 0.717) is 23.3 Å². The third-order valence-corrected chi connectivity index (χ3v) is 4.44. The molecule has 3 rings (SSSR count). The summed E-state index contributed by atoms with van der Waals surface area (Å²) in [5.41, 5.74) is 2.97. The minimum atomic E-state index is -0.201. The van der Waals surface area contributed by atoms with E-state index in [1.165, 1.54) is 0 Å². The van der Waals surface area contributed by atoms with E-state index in [4.69, 9.17) is 0 Å². The van der Waals surface area contributed by atoms with E-state index in [2.05, 4.69) is 32.9 Å². The molecule has 2 aromatic carbocycles. The number of carbonyl (C=O) groups excluding carboxylic acids is 1. The first-order valence-corrected chi connectivity index (χ1v) is 8.65. The predicted octanol–water partition coefficient (Wildman–Crippen LogP) is 3.58. The van der Waals surface area contributed by atoms with E-state index in [1.807, 2.05) is 31.2 Å². The Labute approximate surface area is 152 Å². The maximum absolute atomic E-state index is 12.5. The second-order valence-corrected chi connectivity index (χ2v) is 6.66. The van der Waals surface area contributed by atoms with Crippen LogP contribution in [0.25, 0.3) is 11.0 Å². The standard InChI is InChI=1S/C18H16IN3O2/c1-3-22-16-8-7-12(9-15(16)20-11(2)18(22)24)17(23)21-14-6-4-5-13(19)10-14/h4-10H,3H2,1-2H3,(H,21,23). The maximum Gasteiger partial charge on any atom is 0.272 e. The molecule has 24 heavy (non-hydrogen) atoms. The van der Waals surface area contributed by atoms with Crippen LogP contribution in [0, 0.1) is 10.5 Å². The molecule has 0 unspecified atom stereocenters. The van der Waals surface area contributed by atoms with E-state index in [9.17, 15) is 9.59 Å². The number of benzene rings is 2. The Bertz CT molecular complexity index is 995. The minimum absolute atomic E-state index is 0.0962. The number of anilines is 1. The van der Waals surface area contributed by atoms with Crippen molar-refractivity contribution in [1.29, 1.82) is 0 Å². The van der Waals surface area contributed by atoms with Gasteiger partial charge in [0.05, 0.1) is 11.0 Å². The van der Waals surface area contributed by atoms with Gasteiger partial charge in [0.2, 0.25) is 0 Å². The lowest BCUT2D eigenvalue weighted by Crippen LogP contribution is -2.23. The number of hydrogen-bond acceptors (Lipinski definition) is 3. The van der Waals surface area contributed by atoms with E-state index < -0.39 is 0 Å². The van der Waals surface area contributed by atoms with Crippen molar-refractivity contribution < 1.29 is 4.79 Å². The van der Waals surface area contributed by atoms with Gasteiger partial charge in [-0.2, -0.15) is 0 Å². The van der Waals surface area contributed by atoms with Crippen molar-refractivity contribution >= 4 is 45.2 Å². The highest BCUT2D eigenvalue weighted by Gasteiger charge is 2.11. The summed E-state index contributed by atoms with van der Waals surface area (Å²) in [5, 5.41) is 2.88. The molecule has 6 heteroatoms. The minimum Gasteiger partial charge on any atom is -0.322 e. The zero-order valence-electron chi connectivity index (χ0n) is 13.3. The van der Waals surface area contributed by atoms with Crippen LogP contribution in [0.2, 0.25) is 0 Å². The number of rotatable bonds is 3. The molecule has 0 radical (unpaired) electrons. The molecule has 0 bridgehead atoms. The molecule has 1 heterocycles. The number of hydrogen-bond donors (Lipinski definition) is 1. The van der Waals surface area contributed by atoms with Crippen molar-refractivity contribution in [3.05, 3.63) is 67.6 Å². The fraction of sp³-hybridized carbons (Fsp3) is 0.167. The van der Waals surface area contributed by atoms with Gasteiger partial charge in [0.1, 0.15) is 5.69 Å². The lowest BCUT2D eigenvalue weighted by molar-refractivity contribution is 0.102. The number of aromatic nitrogens is 2. The van der Waals surface area contributed by atoms with Crippen LogP contribution in [0.15, 0.2) is 47.3 Å². The summed E-state index contributed by atoms with van der Waals surface area (Å²) < 4.78 is 2.71. The first-order chi connectivity index (χ1) is 11.5. The third-order valence-electron chi connectivity index (χ3n) is 3.77. The Kier molecular flexibility index (Phi) is 4.66. The highest BCUT2D eigenvalue weighted by molar-refractivity contribution is 14.1. The molecular formula is C18H16IN3O2. The number of nitrogens with one attached hydrogen (secondary N) is 1. The average Bonchev–Trinajstić information content (AvgIpc) is 2.55. The lowest BCUT2D eigenvalue weighted by Gasteiger charge is -2.10. The van der Waals surface area contributed by atoms with Gasteiger partial charge < -0.3 is 9.88 Å². The van der Waals surface area contributed by atoms with Crippen molar-refractivity contribution in [3.8, 4) is 0 Å². The van der Waals surface area contributed by atoms with Crippen LogP contribution >= 0.6 is 22.6 Å². The molecule has 0 fully saturated rings. The molecule has 3 aromatic rings. The van der Waals surface area contributed by atoms with Gasteiger partial charge in [-0.3, -0.25) is 9.59 Å². The van der Waals surface area contributed by atoms with Gasteiger partial charge in [-0.25, -0.2) is 4.98 Å². The number of halogens is 1. The third kappa shape index (κ3) is 3.19. The van der Waals surface area contributed by atoms with Gasteiger partial charge in [0.15, 0.2) is 0 Å². The molecule has 0 aliphatic carbocycles. The van der Waals surface area contributed by atoms with Gasteiger partial charge in [0.25, 0.3) is 11.5 Å². The molecule has 0 spiro atoms. The summed E-state index contributed by atoms with van der Waals surface area (Å²) in [5.74, 6) is -0.201. The highest BCUT2D eigenvalue weighted by Crippen LogP contribution is 2.17. The predicted molar refractivity (Wildman–Crippen MR) is 104 cm³/mol. The summed E-state index contributed by atoms with van der Waals surface area (Å²) in [7, 11) is 0. The van der Waals surface area contributed by atoms with Gasteiger partial charge in [0, 0.05) is 21.4 Å². The SMILES string of the molecule is CCn1c(=O)c(C)nc2cc(C(=O)Nc3cccc(I)c3)ccc21. The van der Waals surface area contributed by atoms with Crippen molar-refractivity contribution in [3.63, 3.8) is 0 Å². The number of amides is 1. The summed E-state index contributed by atoms with van der Waals surface area (Å²) in [6, 6.07) is 12.8. The average molecular weight is 433 g/mol. The van der Waals surface area contributed by atoms with Crippen LogP contribution in [0.1, 0.15) is 23.0 Å². The molecule has 1 amide bonds. The van der Waals surface area contributed by atoms with E-state index in [-0.39, 0.29) is 11.5 Å². The molecule has 1 N–H and O–H groups in total. The fourth-order valence-corrected chi connectivity index (χ4v) is 3.14. The summed E-state index contributed by atoms with van der Waals surface area (Å²) >= 11 is 2.20. The van der Waals surface area contributed by atoms with Crippen molar-refractivity contribution in [2.75, 3.05) is 5.32 Å². The van der Waals surface area contributed by atoms with E-state index in [1.54, 1.807) is 29.7 Å². The van der Waals surface area contributed by atoms with Gasteiger partial charge in [-0.1, -0.05) is 6.07 Å². The monoisotopic (exact) mass is 433 g/mol. The normalized spacial score (nSPS) is 10.8. The second kappa shape index (κ2) is 6.72. The molecule has 0 saturated carbocycles. The Hall–Kier alpha value is -2.22. The van der Waals surface area contributed by atoms with Gasteiger partial charge in [-0.05, 0) is 72.8 Å². The Morgan fingerprint density at radius 2 is 2.04 bits per heavy atom. The smallest absolute Gasteiger partial charge is 0.272 e. The first kappa shape index (κ1) is 16.6. The van der Waals surface area contributed by atoms with E-state index >= 15 is 0 Å². The van der Waals surface area contributed by atoms with Crippen molar-refractivity contribution in [2.45, 2.75) is 20.4 Å². The van der Waals surface area contributed by atoms with Crippen LogP contribution in [0.4, 0.5) is 5.69 Å². The fourth-order valence-electron chi connectivity index (χ4n) is 2.60. The Morgan fingerprint density at radius 3 is 2.75 bits per heavy atom. The van der Waals surface area contributed by atoms with Crippen LogP contribution < -0.4 is 10.9 Å². The van der Waals surface area contributed by atoms with Crippen LogP contribution in [-0.2, 0) is 6.54 Å². The van der Waals surface area contributed by atoms with Gasteiger partial charge >= 0.3 is 0 Å². The second-order valence-electron chi connectivity index (χ2n) is 5.41. The summed E-state index contributed by atoms with van der Waals surface area (Å²) in [6.07, 6.45) is 0. The number of aryl methyl sites for hydroxylation is 2. The number of fused-ring (bicyclic) bond motifs is 1. The lowest BCUT2D eigenvalue weighted by atomic mass is 10.1. The van der Waals surface area contributed by atoms with Crippen molar-refractivity contribution in [1.82, 2.24) is 9.55 Å². The van der Waals surface area contributed by atoms with Crippen LogP contribution in [0.5, 0.6) is 0 Å². The molecule has 0 saturated heterocycles. The van der Waals surface area contributed by atoms with Crippen LogP contribution in [-0.4, -0.2) is 15.5 Å². The van der Waals surface area contributed by atoms with Crippen LogP contribution in [0.3, 0.4) is 0 Å². The topological polar surface area (TPSA) is 64.0 Å². The van der Waals surface area contributed by atoms with Crippen molar-refractivity contribution in [2.24, 2.45) is 0 Å². The summed E-state index contributed by atoms with van der Waals surface area (Å²) in [6.45, 7) is 4.16. The quantitative estimate of drug-likeness (QED) is 0.643. The molecule has 122 valence electrons. The zero-order valence-corrected chi connectivity index (χ0v) is 15.5. The Balaban J connectivity index is 2.00. The number of carbonyl (C=O) groups is 1. The highest BCUT2D eigenvalue weighted by atomic mass is 127. The zero-order chi connectivity index (χ0) is 17.3. The maximum atomic E-state index is 12.5.